The first-order valence-electron chi connectivity index (χ1n) is 5.67. The van der Waals surface area contributed by atoms with Crippen molar-refractivity contribution in [2.75, 3.05) is 0 Å². The van der Waals surface area contributed by atoms with Crippen molar-refractivity contribution in [1.29, 1.82) is 5.26 Å². The van der Waals surface area contributed by atoms with Gasteiger partial charge in [-0.15, -0.1) is 0 Å². The van der Waals surface area contributed by atoms with Gasteiger partial charge in [-0.1, -0.05) is 19.4 Å². The molecule has 0 radical (unpaired) electrons. The van der Waals surface area contributed by atoms with Gasteiger partial charge in [0.1, 0.15) is 11.8 Å². The number of nitriles is 1. The minimum absolute atomic E-state index is 0.541. The molecule has 1 fully saturated rings. The van der Waals surface area contributed by atoms with E-state index < -0.39 is 0 Å². The Morgan fingerprint density at radius 3 is 2.87 bits per heavy atom. The van der Waals surface area contributed by atoms with Crippen molar-refractivity contribution < 1.29 is 0 Å². The van der Waals surface area contributed by atoms with Gasteiger partial charge in [0.2, 0.25) is 0 Å². The van der Waals surface area contributed by atoms with Crippen LogP contribution in [0.25, 0.3) is 0 Å². The molecule has 2 rings (SSSR count). The minimum Gasteiger partial charge on any atom is -0.242 e. The van der Waals surface area contributed by atoms with Crippen molar-refractivity contribution in [3.63, 3.8) is 0 Å². The Hall–Kier alpha value is -1.36. The van der Waals surface area contributed by atoms with Gasteiger partial charge in [0.05, 0.1) is 0 Å². The van der Waals surface area contributed by atoms with Gasteiger partial charge in [-0.25, -0.2) is 4.98 Å². The Balaban J connectivity index is 1.92. The molecule has 0 aliphatic heterocycles. The standard InChI is InChI=1S/C13H16N2/c1-2-10-6-11(7-10)8-12-4-3-5-13(9-14)15-12/h3-5,10-11H,2,6-8H2,1H3/t10-,11+. The highest BCUT2D eigenvalue weighted by Gasteiger charge is 2.27. The molecule has 1 saturated carbocycles. The Kier molecular flexibility index (Phi) is 3.01. The maximum absolute atomic E-state index is 8.73. The van der Waals surface area contributed by atoms with Gasteiger partial charge < -0.3 is 0 Å². The largest absolute Gasteiger partial charge is 0.242 e. The van der Waals surface area contributed by atoms with E-state index in [1.54, 1.807) is 6.07 Å². The highest BCUT2D eigenvalue weighted by atomic mass is 14.7. The third-order valence-electron chi connectivity index (χ3n) is 3.33. The Morgan fingerprint density at radius 2 is 2.20 bits per heavy atom. The number of nitrogens with zero attached hydrogens (tertiary/aromatic N) is 2. The minimum atomic E-state index is 0.541. The predicted molar refractivity (Wildman–Crippen MR) is 59.2 cm³/mol. The van der Waals surface area contributed by atoms with Crippen LogP contribution in [0.5, 0.6) is 0 Å². The highest BCUT2D eigenvalue weighted by molar-refractivity contribution is 5.22. The second-order valence-corrected chi connectivity index (χ2v) is 4.44. The van der Waals surface area contributed by atoms with E-state index >= 15 is 0 Å². The molecule has 0 bridgehead atoms. The second kappa shape index (κ2) is 4.44. The molecule has 15 heavy (non-hydrogen) atoms. The number of pyridine rings is 1. The van der Waals surface area contributed by atoms with Gasteiger partial charge >= 0.3 is 0 Å². The normalized spacial score (nSPS) is 24.3. The molecule has 0 spiro atoms. The van der Waals surface area contributed by atoms with Crippen LogP contribution in [-0.2, 0) is 6.42 Å². The van der Waals surface area contributed by atoms with E-state index in [2.05, 4.69) is 18.0 Å². The molecule has 2 heteroatoms. The summed E-state index contributed by atoms with van der Waals surface area (Å²) in [5.41, 5.74) is 1.62. The van der Waals surface area contributed by atoms with Crippen molar-refractivity contribution >= 4 is 0 Å². The van der Waals surface area contributed by atoms with Crippen LogP contribution in [0.15, 0.2) is 18.2 Å². The van der Waals surface area contributed by atoms with Crippen molar-refractivity contribution in [2.24, 2.45) is 11.8 Å². The Bertz CT molecular complexity index is 372. The zero-order chi connectivity index (χ0) is 10.7. The number of rotatable bonds is 3. The van der Waals surface area contributed by atoms with Crippen molar-refractivity contribution in [3.8, 4) is 6.07 Å². The third kappa shape index (κ3) is 2.36. The molecule has 0 unspecified atom stereocenters. The maximum Gasteiger partial charge on any atom is 0.140 e. The topological polar surface area (TPSA) is 36.7 Å². The molecule has 1 aliphatic rings. The predicted octanol–water partition coefficient (Wildman–Crippen LogP) is 2.93. The van der Waals surface area contributed by atoms with Gasteiger partial charge in [0, 0.05) is 5.69 Å². The van der Waals surface area contributed by atoms with Gasteiger partial charge in [-0.05, 0) is 43.2 Å². The molecule has 0 amide bonds. The van der Waals surface area contributed by atoms with Crippen LogP contribution in [0.3, 0.4) is 0 Å². The first kappa shape index (κ1) is 10.2. The third-order valence-corrected chi connectivity index (χ3v) is 3.33. The van der Waals surface area contributed by atoms with E-state index in [1.807, 2.05) is 12.1 Å². The molecule has 1 aliphatic carbocycles. The summed E-state index contributed by atoms with van der Waals surface area (Å²) in [6, 6.07) is 7.80. The molecule has 0 atom stereocenters. The van der Waals surface area contributed by atoms with Gasteiger partial charge in [0.15, 0.2) is 0 Å². The van der Waals surface area contributed by atoms with Crippen LogP contribution < -0.4 is 0 Å². The summed E-state index contributed by atoms with van der Waals surface area (Å²) in [6.45, 7) is 2.26. The summed E-state index contributed by atoms with van der Waals surface area (Å²) < 4.78 is 0. The molecule has 1 aromatic heterocycles. The smallest absolute Gasteiger partial charge is 0.140 e. The number of aromatic nitrogens is 1. The molecule has 1 aromatic rings. The number of hydrogen-bond acceptors (Lipinski definition) is 2. The average Bonchev–Trinajstić information content (AvgIpc) is 2.23. The highest BCUT2D eigenvalue weighted by Crippen LogP contribution is 2.37. The first-order valence-corrected chi connectivity index (χ1v) is 5.67. The fourth-order valence-electron chi connectivity index (χ4n) is 2.33. The van der Waals surface area contributed by atoms with Gasteiger partial charge in [-0.2, -0.15) is 5.26 Å². The summed E-state index contributed by atoms with van der Waals surface area (Å²) in [6.07, 6.45) is 5.04. The molecular weight excluding hydrogens is 184 g/mol. The van der Waals surface area contributed by atoms with Crippen LogP contribution in [0.1, 0.15) is 37.6 Å². The molecule has 2 nitrogen and oxygen atoms in total. The van der Waals surface area contributed by atoms with Crippen molar-refractivity contribution in [1.82, 2.24) is 4.98 Å². The van der Waals surface area contributed by atoms with E-state index in [0.717, 1.165) is 24.0 Å². The summed E-state index contributed by atoms with van der Waals surface area (Å²) >= 11 is 0. The van der Waals surface area contributed by atoms with E-state index in [-0.39, 0.29) is 0 Å². The molecule has 0 N–H and O–H groups in total. The summed E-state index contributed by atoms with van der Waals surface area (Å²) in [7, 11) is 0. The zero-order valence-corrected chi connectivity index (χ0v) is 9.11. The molecular formula is C13H16N2. The second-order valence-electron chi connectivity index (χ2n) is 4.44. The first-order chi connectivity index (χ1) is 7.31. The van der Waals surface area contributed by atoms with Crippen LogP contribution in [0.4, 0.5) is 0 Å². The van der Waals surface area contributed by atoms with Crippen LogP contribution >= 0.6 is 0 Å². The van der Waals surface area contributed by atoms with Crippen molar-refractivity contribution in [2.45, 2.75) is 32.6 Å². The van der Waals surface area contributed by atoms with Crippen molar-refractivity contribution in [3.05, 3.63) is 29.6 Å². The Labute approximate surface area is 91.0 Å². The van der Waals surface area contributed by atoms with Gasteiger partial charge in [-0.3, -0.25) is 0 Å². The fourth-order valence-corrected chi connectivity index (χ4v) is 2.33. The lowest BCUT2D eigenvalue weighted by molar-refractivity contribution is 0.186. The van der Waals surface area contributed by atoms with E-state index in [1.165, 1.54) is 19.3 Å². The Morgan fingerprint density at radius 1 is 1.40 bits per heavy atom. The van der Waals surface area contributed by atoms with Gasteiger partial charge in [0.25, 0.3) is 0 Å². The molecule has 0 saturated heterocycles. The van der Waals surface area contributed by atoms with Crippen LogP contribution in [0, 0.1) is 23.2 Å². The molecule has 0 aromatic carbocycles. The molecule has 1 heterocycles. The lowest BCUT2D eigenvalue weighted by Gasteiger charge is -2.34. The summed E-state index contributed by atoms with van der Waals surface area (Å²) in [4.78, 5) is 4.30. The summed E-state index contributed by atoms with van der Waals surface area (Å²) in [5, 5.41) is 8.73. The fraction of sp³-hybridized carbons (Fsp3) is 0.538. The van der Waals surface area contributed by atoms with E-state index in [0.29, 0.717) is 5.69 Å². The van der Waals surface area contributed by atoms with E-state index in [9.17, 15) is 0 Å². The maximum atomic E-state index is 8.73. The van der Waals surface area contributed by atoms with Crippen LogP contribution in [0.2, 0.25) is 0 Å². The summed E-state index contributed by atoms with van der Waals surface area (Å²) in [5.74, 6) is 1.74. The van der Waals surface area contributed by atoms with E-state index in [4.69, 9.17) is 5.26 Å². The quantitative estimate of drug-likeness (QED) is 0.752. The molecule has 78 valence electrons. The zero-order valence-electron chi connectivity index (χ0n) is 9.11. The number of hydrogen-bond donors (Lipinski definition) is 0. The average molecular weight is 200 g/mol. The lowest BCUT2D eigenvalue weighted by atomic mass is 9.71. The van der Waals surface area contributed by atoms with Crippen LogP contribution in [-0.4, -0.2) is 4.98 Å². The monoisotopic (exact) mass is 200 g/mol. The SMILES string of the molecule is CC[C@H]1C[C@@H](Cc2cccc(C#N)n2)C1. The lowest BCUT2D eigenvalue weighted by Crippen LogP contribution is -2.25.